The Labute approximate surface area is 125 Å². The van der Waals surface area contributed by atoms with Gasteiger partial charge in [-0.2, -0.15) is 4.39 Å². The smallest absolute Gasteiger partial charge is 0.400 e. The van der Waals surface area contributed by atoms with Gasteiger partial charge < -0.3 is 14.4 Å². The number of rotatable bonds is 3. The number of hydrogen-bond donors (Lipinski definition) is 1. The van der Waals surface area contributed by atoms with E-state index in [2.05, 4.69) is 4.98 Å². The van der Waals surface area contributed by atoms with Crippen molar-refractivity contribution in [3.63, 3.8) is 0 Å². The summed E-state index contributed by atoms with van der Waals surface area (Å²) in [6.07, 6.45) is 3.16. The van der Waals surface area contributed by atoms with E-state index in [4.69, 9.17) is 9.31 Å². The number of aromatic nitrogens is 1. The minimum atomic E-state index is -0.643. The van der Waals surface area contributed by atoms with Crippen molar-refractivity contribution >= 4 is 13.2 Å². The highest BCUT2D eigenvalue weighted by atomic mass is 19.1. The fourth-order valence-electron chi connectivity index (χ4n) is 2.05. The lowest BCUT2D eigenvalue weighted by atomic mass is 9.77. The molecule has 0 bridgehead atoms. The van der Waals surface area contributed by atoms with Crippen LogP contribution in [0.25, 0.3) is 6.08 Å². The van der Waals surface area contributed by atoms with E-state index < -0.39 is 24.3 Å². The Morgan fingerprint density at radius 3 is 2.43 bits per heavy atom. The van der Waals surface area contributed by atoms with Crippen molar-refractivity contribution in [1.82, 2.24) is 4.98 Å². The molecular formula is C15H21BFNO3. The Morgan fingerprint density at radius 2 is 1.90 bits per heavy atom. The summed E-state index contributed by atoms with van der Waals surface area (Å²) in [4.78, 5) is 3.60. The summed E-state index contributed by atoms with van der Waals surface area (Å²) in [5.74, 6) is -0.557. The van der Waals surface area contributed by atoms with Crippen LogP contribution in [0.1, 0.15) is 38.8 Å². The Morgan fingerprint density at radius 1 is 1.33 bits per heavy atom. The van der Waals surface area contributed by atoms with Crippen molar-refractivity contribution in [3.8, 4) is 0 Å². The third-order valence-corrected chi connectivity index (χ3v) is 4.19. The van der Waals surface area contributed by atoms with Gasteiger partial charge in [0.2, 0.25) is 5.95 Å². The van der Waals surface area contributed by atoms with E-state index >= 15 is 0 Å². The van der Waals surface area contributed by atoms with Gasteiger partial charge in [0.1, 0.15) is 0 Å². The van der Waals surface area contributed by atoms with Gasteiger partial charge in [0.15, 0.2) is 0 Å². The number of aliphatic hydroxyl groups is 1. The second-order valence-electron chi connectivity index (χ2n) is 6.33. The summed E-state index contributed by atoms with van der Waals surface area (Å²) in [5.41, 5.74) is 1.07. The van der Waals surface area contributed by atoms with E-state index in [-0.39, 0.29) is 6.61 Å². The minimum Gasteiger partial charge on any atom is -0.400 e. The van der Waals surface area contributed by atoms with Crippen LogP contribution in [0.15, 0.2) is 17.7 Å². The molecule has 1 N–H and O–H groups in total. The van der Waals surface area contributed by atoms with E-state index in [1.54, 1.807) is 6.08 Å². The van der Waals surface area contributed by atoms with Crippen molar-refractivity contribution in [2.75, 3.05) is 6.61 Å². The predicted molar refractivity (Wildman–Crippen MR) is 80.1 cm³/mol. The molecular weight excluding hydrogens is 272 g/mol. The fourth-order valence-corrected chi connectivity index (χ4v) is 2.05. The van der Waals surface area contributed by atoms with Crippen LogP contribution in [0.4, 0.5) is 4.39 Å². The number of pyridine rings is 1. The first-order valence-electron chi connectivity index (χ1n) is 6.95. The average Bonchev–Trinajstić information content (AvgIpc) is 2.59. The average molecular weight is 293 g/mol. The Kier molecular flexibility index (Phi) is 4.24. The second kappa shape index (κ2) is 5.52. The maximum Gasteiger partial charge on any atom is 0.492 e. The van der Waals surface area contributed by atoms with Crippen LogP contribution in [0.2, 0.25) is 0 Å². The lowest BCUT2D eigenvalue weighted by Crippen LogP contribution is -2.41. The molecule has 1 fully saturated rings. The van der Waals surface area contributed by atoms with Crippen molar-refractivity contribution in [2.24, 2.45) is 0 Å². The molecule has 2 rings (SSSR count). The van der Waals surface area contributed by atoms with Gasteiger partial charge in [-0.25, -0.2) is 4.98 Å². The van der Waals surface area contributed by atoms with Gasteiger partial charge in [0.05, 0.1) is 17.8 Å². The second-order valence-corrected chi connectivity index (χ2v) is 6.33. The highest BCUT2D eigenvalue weighted by molar-refractivity contribution is 6.55. The molecule has 0 atom stereocenters. The predicted octanol–water partition coefficient (Wildman–Crippen LogP) is 2.54. The molecule has 1 aromatic heterocycles. The SMILES string of the molecule is Cc1cnc(F)cc1C=C(CO)B1OC(C)(C)C(C)(C)O1. The summed E-state index contributed by atoms with van der Waals surface area (Å²) in [5, 5.41) is 9.61. The van der Waals surface area contributed by atoms with Crippen LogP contribution in [-0.4, -0.2) is 35.0 Å². The van der Waals surface area contributed by atoms with Gasteiger partial charge >= 0.3 is 7.12 Å². The number of aryl methyl sites for hydroxylation is 1. The van der Waals surface area contributed by atoms with Crippen LogP contribution in [0, 0.1) is 12.9 Å². The maximum absolute atomic E-state index is 13.3. The van der Waals surface area contributed by atoms with Crippen molar-refractivity contribution < 1.29 is 18.8 Å². The lowest BCUT2D eigenvalue weighted by molar-refractivity contribution is 0.00578. The number of aliphatic hydroxyl groups excluding tert-OH is 1. The molecule has 114 valence electrons. The fraction of sp³-hybridized carbons (Fsp3) is 0.533. The molecule has 2 heterocycles. The molecule has 21 heavy (non-hydrogen) atoms. The highest BCUT2D eigenvalue weighted by Crippen LogP contribution is 2.38. The van der Waals surface area contributed by atoms with Gasteiger partial charge in [0.25, 0.3) is 0 Å². The zero-order chi connectivity index (χ0) is 15.8. The topological polar surface area (TPSA) is 51.6 Å². The largest absolute Gasteiger partial charge is 0.492 e. The van der Waals surface area contributed by atoms with Gasteiger partial charge in [-0.15, -0.1) is 0 Å². The lowest BCUT2D eigenvalue weighted by Gasteiger charge is -2.32. The zero-order valence-corrected chi connectivity index (χ0v) is 13.1. The Bertz CT molecular complexity index is 556. The first kappa shape index (κ1) is 16.1. The Hall–Kier alpha value is -1.24. The normalized spacial score (nSPS) is 20.9. The third-order valence-electron chi connectivity index (χ3n) is 4.19. The van der Waals surface area contributed by atoms with Crippen LogP contribution >= 0.6 is 0 Å². The molecule has 1 aliphatic heterocycles. The van der Waals surface area contributed by atoms with Gasteiger partial charge in [0, 0.05) is 12.3 Å². The molecule has 0 radical (unpaired) electrons. The summed E-state index contributed by atoms with van der Waals surface area (Å²) in [6.45, 7) is 9.38. The summed E-state index contributed by atoms with van der Waals surface area (Å²) >= 11 is 0. The van der Waals surface area contributed by atoms with E-state index in [0.29, 0.717) is 11.0 Å². The number of nitrogens with zero attached hydrogens (tertiary/aromatic N) is 1. The van der Waals surface area contributed by atoms with E-state index in [9.17, 15) is 9.50 Å². The minimum absolute atomic E-state index is 0.222. The van der Waals surface area contributed by atoms with E-state index in [0.717, 1.165) is 5.56 Å². The number of hydrogen-bond acceptors (Lipinski definition) is 4. The quantitative estimate of drug-likeness (QED) is 0.687. The van der Waals surface area contributed by atoms with Crippen LogP contribution in [-0.2, 0) is 9.31 Å². The molecule has 0 aromatic carbocycles. The molecule has 0 amide bonds. The van der Waals surface area contributed by atoms with Crippen LogP contribution in [0.3, 0.4) is 0 Å². The van der Waals surface area contributed by atoms with E-state index in [1.165, 1.54) is 12.3 Å². The van der Waals surface area contributed by atoms with Gasteiger partial charge in [-0.05, 0) is 51.2 Å². The van der Waals surface area contributed by atoms with Crippen molar-refractivity contribution in [3.05, 3.63) is 34.8 Å². The summed E-state index contributed by atoms with van der Waals surface area (Å²) in [7, 11) is -0.643. The molecule has 0 aliphatic carbocycles. The maximum atomic E-state index is 13.3. The van der Waals surface area contributed by atoms with Gasteiger partial charge in [-0.3, -0.25) is 0 Å². The summed E-state index contributed by atoms with van der Waals surface area (Å²) in [6, 6.07) is 1.33. The van der Waals surface area contributed by atoms with Crippen molar-refractivity contribution in [1.29, 1.82) is 0 Å². The molecule has 0 spiro atoms. The highest BCUT2D eigenvalue weighted by Gasteiger charge is 2.52. The molecule has 6 heteroatoms. The first-order valence-corrected chi connectivity index (χ1v) is 6.95. The Balaban J connectivity index is 2.33. The van der Waals surface area contributed by atoms with Gasteiger partial charge in [-0.1, -0.05) is 6.08 Å². The summed E-state index contributed by atoms with van der Waals surface area (Å²) < 4.78 is 25.1. The molecule has 4 nitrogen and oxygen atoms in total. The standard InChI is InChI=1S/C15H21BFNO3/c1-10-8-18-13(17)7-11(10)6-12(9-19)16-20-14(2,3)15(4,5)21-16/h6-8,19H,9H2,1-5H3. The first-order chi connectivity index (χ1) is 9.66. The monoisotopic (exact) mass is 293 g/mol. The van der Waals surface area contributed by atoms with E-state index in [1.807, 2.05) is 34.6 Å². The van der Waals surface area contributed by atoms with Crippen molar-refractivity contribution in [2.45, 2.75) is 45.8 Å². The molecule has 1 saturated heterocycles. The molecule has 1 aromatic rings. The molecule has 1 aliphatic rings. The number of halogens is 1. The van der Waals surface area contributed by atoms with Crippen LogP contribution in [0.5, 0.6) is 0 Å². The molecule has 0 saturated carbocycles. The third kappa shape index (κ3) is 3.17. The molecule has 0 unspecified atom stereocenters. The zero-order valence-electron chi connectivity index (χ0n) is 13.1. The van der Waals surface area contributed by atoms with Crippen LogP contribution < -0.4 is 0 Å².